The molecule has 0 bridgehead atoms. The summed E-state index contributed by atoms with van der Waals surface area (Å²) in [6.45, 7) is 2.79. The van der Waals surface area contributed by atoms with Gasteiger partial charge in [0.25, 0.3) is 0 Å². The van der Waals surface area contributed by atoms with Gasteiger partial charge in [-0.3, -0.25) is 14.5 Å². The number of amides is 2. The number of primary amides is 1. The third-order valence-corrected chi connectivity index (χ3v) is 3.57. The standard InChI is InChI=1S/C14H20N4O2/c1-9-4-5-10(15)7-11(9)17-13(19)8-18-6-2-3-12(18)14(16)20/h4-5,7,12H,2-3,6,8,15H2,1H3,(H2,16,20)(H,17,19). The number of anilines is 2. The number of carbonyl (C=O) groups is 2. The summed E-state index contributed by atoms with van der Waals surface area (Å²) in [5, 5.41) is 2.82. The minimum Gasteiger partial charge on any atom is -0.399 e. The number of carbonyl (C=O) groups excluding carboxylic acids is 2. The molecule has 1 saturated heterocycles. The molecule has 0 spiro atoms. The number of hydrogen-bond acceptors (Lipinski definition) is 4. The van der Waals surface area contributed by atoms with Crippen LogP contribution in [0.15, 0.2) is 18.2 Å². The molecule has 6 nitrogen and oxygen atoms in total. The molecule has 1 fully saturated rings. The first-order valence-electron chi connectivity index (χ1n) is 6.66. The van der Waals surface area contributed by atoms with Gasteiger partial charge in [-0.25, -0.2) is 0 Å². The molecule has 1 atom stereocenters. The van der Waals surface area contributed by atoms with Crippen molar-refractivity contribution in [3.8, 4) is 0 Å². The van der Waals surface area contributed by atoms with Gasteiger partial charge in [-0.2, -0.15) is 0 Å². The number of nitrogen functional groups attached to an aromatic ring is 1. The summed E-state index contributed by atoms with van der Waals surface area (Å²) < 4.78 is 0. The van der Waals surface area contributed by atoms with Crippen LogP contribution in [0.2, 0.25) is 0 Å². The Bertz CT molecular complexity index is 530. The fraction of sp³-hybridized carbons (Fsp3) is 0.429. The average Bonchev–Trinajstić information content (AvgIpc) is 2.82. The van der Waals surface area contributed by atoms with E-state index in [1.807, 2.05) is 17.9 Å². The molecule has 20 heavy (non-hydrogen) atoms. The van der Waals surface area contributed by atoms with Crippen LogP contribution in [0.5, 0.6) is 0 Å². The van der Waals surface area contributed by atoms with Crippen molar-refractivity contribution in [2.24, 2.45) is 5.73 Å². The van der Waals surface area contributed by atoms with Gasteiger partial charge in [0.1, 0.15) is 0 Å². The molecule has 6 heteroatoms. The van der Waals surface area contributed by atoms with Crippen molar-refractivity contribution >= 4 is 23.2 Å². The molecule has 2 amide bonds. The molecule has 1 aromatic carbocycles. The number of likely N-dealkylation sites (tertiary alicyclic amines) is 1. The highest BCUT2D eigenvalue weighted by atomic mass is 16.2. The predicted molar refractivity (Wildman–Crippen MR) is 78.0 cm³/mol. The van der Waals surface area contributed by atoms with E-state index < -0.39 is 0 Å². The molecule has 1 aliphatic heterocycles. The van der Waals surface area contributed by atoms with Gasteiger partial charge < -0.3 is 16.8 Å². The Labute approximate surface area is 118 Å². The molecule has 0 radical (unpaired) electrons. The lowest BCUT2D eigenvalue weighted by molar-refractivity contribution is -0.123. The van der Waals surface area contributed by atoms with E-state index in [2.05, 4.69) is 5.32 Å². The van der Waals surface area contributed by atoms with E-state index in [9.17, 15) is 9.59 Å². The largest absolute Gasteiger partial charge is 0.399 e. The highest BCUT2D eigenvalue weighted by molar-refractivity contribution is 5.94. The molecule has 1 aromatic rings. The van der Waals surface area contributed by atoms with Crippen LogP contribution in [0.1, 0.15) is 18.4 Å². The minimum atomic E-state index is -0.365. The first kappa shape index (κ1) is 14.3. The van der Waals surface area contributed by atoms with Gasteiger partial charge in [0.05, 0.1) is 12.6 Å². The van der Waals surface area contributed by atoms with Crippen molar-refractivity contribution in [2.45, 2.75) is 25.8 Å². The number of nitrogens with two attached hydrogens (primary N) is 2. The van der Waals surface area contributed by atoms with Gasteiger partial charge in [0.15, 0.2) is 0 Å². The highest BCUT2D eigenvalue weighted by Gasteiger charge is 2.30. The fourth-order valence-electron chi connectivity index (χ4n) is 2.49. The van der Waals surface area contributed by atoms with Gasteiger partial charge in [0, 0.05) is 11.4 Å². The van der Waals surface area contributed by atoms with E-state index >= 15 is 0 Å². The zero-order chi connectivity index (χ0) is 14.7. The monoisotopic (exact) mass is 276 g/mol. The normalized spacial score (nSPS) is 18.9. The van der Waals surface area contributed by atoms with Crippen molar-refractivity contribution < 1.29 is 9.59 Å². The van der Waals surface area contributed by atoms with Gasteiger partial charge in [0.2, 0.25) is 11.8 Å². The minimum absolute atomic E-state index is 0.160. The van der Waals surface area contributed by atoms with Crippen LogP contribution in [0.4, 0.5) is 11.4 Å². The van der Waals surface area contributed by atoms with Crippen molar-refractivity contribution in [2.75, 3.05) is 24.1 Å². The molecule has 108 valence electrons. The number of benzene rings is 1. The van der Waals surface area contributed by atoms with Gasteiger partial charge >= 0.3 is 0 Å². The number of hydrogen-bond donors (Lipinski definition) is 3. The van der Waals surface area contributed by atoms with Crippen molar-refractivity contribution in [3.63, 3.8) is 0 Å². The number of nitrogens with one attached hydrogen (secondary N) is 1. The smallest absolute Gasteiger partial charge is 0.238 e. The summed E-state index contributed by atoms with van der Waals surface area (Å²) in [5.41, 5.74) is 13.3. The Morgan fingerprint density at radius 3 is 2.90 bits per heavy atom. The molecule has 0 aromatic heterocycles. The summed E-state index contributed by atoms with van der Waals surface area (Å²) >= 11 is 0. The molecular formula is C14H20N4O2. The molecule has 1 heterocycles. The lowest BCUT2D eigenvalue weighted by Crippen LogP contribution is -2.43. The van der Waals surface area contributed by atoms with E-state index in [1.54, 1.807) is 12.1 Å². The zero-order valence-corrected chi connectivity index (χ0v) is 11.6. The van der Waals surface area contributed by atoms with E-state index in [4.69, 9.17) is 11.5 Å². The molecule has 5 N–H and O–H groups in total. The van der Waals surface area contributed by atoms with Crippen LogP contribution in [0.3, 0.4) is 0 Å². The predicted octanol–water partition coefficient (Wildman–Crippen LogP) is 0.465. The SMILES string of the molecule is Cc1ccc(N)cc1NC(=O)CN1CCCC1C(N)=O. The number of aryl methyl sites for hydroxylation is 1. The maximum atomic E-state index is 12.1. The fourth-order valence-corrected chi connectivity index (χ4v) is 2.49. The van der Waals surface area contributed by atoms with Crippen LogP contribution in [0.25, 0.3) is 0 Å². The highest BCUT2D eigenvalue weighted by Crippen LogP contribution is 2.19. The average molecular weight is 276 g/mol. The Balaban J connectivity index is 1.99. The molecule has 1 unspecified atom stereocenters. The van der Waals surface area contributed by atoms with Gasteiger partial charge in [-0.1, -0.05) is 6.07 Å². The first-order chi connectivity index (χ1) is 9.47. The Kier molecular flexibility index (Phi) is 4.24. The van der Waals surface area contributed by atoms with Crippen LogP contribution in [0, 0.1) is 6.92 Å². The summed E-state index contributed by atoms with van der Waals surface area (Å²) in [6, 6.07) is 5.03. The number of nitrogens with zero attached hydrogens (tertiary/aromatic N) is 1. The summed E-state index contributed by atoms with van der Waals surface area (Å²) in [6.07, 6.45) is 1.61. The topological polar surface area (TPSA) is 101 Å². The second-order valence-corrected chi connectivity index (χ2v) is 5.15. The van der Waals surface area contributed by atoms with E-state index in [0.29, 0.717) is 11.4 Å². The zero-order valence-electron chi connectivity index (χ0n) is 11.6. The first-order valence-corrected chi connectivity index (χ1v) is 6.66. The van der Waals surface area contributed by atoms with E-state index in [0.717, 1.165) is 24.9 Å². The van der Waals surface area contributed by atoms with Crippen LogP contribution >= 0.6 is 0 Å². The quantitative estimate of drug-likeness (QED) is 0.695. The summed E-state index contributed by atoms with van der Waals surface area (Å²) in [7, 11) is 0. The van der Waals surface area contributed by atoms with Gasteiger partial charge in [-0.05, 0) is 44.0 Å². The summed E-state index contributed by atoms with van der Waals surface area (Å²) in [5.74, 6) is -0.526. The molecule has 0 aliphatic carbocycles. The lowest BCUT2D eigenvalue weighted by atomic mass is 10.2. The second kappa shape index (κ2) is 5.92. The summed E-state index contributed by atoms with van der Waals surface area (Å²) in [4.78, 5) is 25.2. The Morgan fingerprint density at radius 1 is 1.45 bits per heavy atom. The lowest BCUT2D eigenvalue weighted by Gasteiger charge is -2.21. The molecular weight excluding hydrogens is 256 g/mol. The van der Waals surface area contributed by atoms with E-state index in [-0.39, 0.29) is 24.4 Å². The van der Waals surface area contributed by atoms with Crippen molar-refractivity contribution in [1.29, 1.82) is 0 Å². The van der Waals surface area contributed by atoms with Crippen LogP contribution < -0.4 is 16.8 Å². The Hall–Kier alpha value is -2.08. The molecule has 2 rings (SSSR count). The van der Waals surface area contributed by atoms with Gasteiger partial charge in [-0.15, -0.1) is 0 Å². The number of rotatable bonds is 4. The Morgan fingerprint density at radius 2 is 2.20 bits per heavy atom. The van der Waals surface area contributed by atoms with Crippen molar-refractivity contribution in [3.05, 3.63) is 23.8 Å². The third kappa shape index (κ3) is 3.27. The third-order valence-electron chi connectivity index (χ3n) is 3.57. The molecule has 0 saturated carbocycles. The van der Waals surface area contributed by atoms with Crippen LogP contribution in [-0.2, 0) is 9.59 Å². The second-order valence-electron chi connectivity index (χ2n) is 5.15. The van der Waals surface area contributed by atoms with E-state index in [1.165, 1.54) is 0 Å². The molecule has 1 aliphatic rings. The van der Waals surface area contributed by atoms with Crippen molar-refractivity contribution in [1.82, 2.24) is 4.90 Å². The maximum Gasteiger partial charge on any atom is 0.238 e. The maximum absolute atomic E-state index is 12.1. The van der Waals surface area contributed by atoms with Crippen LogP contribution in [-0.4, -0.2) is 35.8 Å².